The van der Waals surface area contributed by atoms with E-state index in [0.29, 0.717) is 5.92 Å². The van der Waals surface area contributed by atoms with Gasteiger partial charge in [-0.2, -0.15) is 0 Å². The molecule has 1 aromatic rings. The van der Waals surface area contributed by atoms with Crippen molar-refractivity contribution in [3.05, 3.63) is 30.1 Å². The van der Waals surface area contributed by atoms with E-state index in [9.17, 15) is 0 Å². The van der Waals surface area contributed by atoms with Crippen molar-refractivity contribution in [3.8, 4) is 0 Å². The fraction of sp³-hybridized carbons (Fsp3) is 0.706. The van der Waals surface area contributed by atoms with Gasteiger partial charge in [-0.3, -0.25) is 4.98 Å². The highest BCUT2D eigenvalue weighted by Gasteiger charge is 2.11. The summed E-state index contributed by atoms with van der Waals surface area (Å²) in [5.74, 6) is 0.688. The molecule has 0 aliphatic rings. The minimum Gasteiger partial charge on any atom is -0.261 e. The van der Waals surface area contributed by atoms with Crippen LogP contribution >= 0.6 is 0 Å². The normalized spacial score (nSPS) is 11.6. The Kier molecular flexibility index (Phi) is 12.0. The van der Waals surface area contributed by atoms with Crippen LogP contribution < -0.4 is 0 Å². The molecule has 0 N–H and O–H groups in total. The van der Waals surface area contributed by atoms with E-state index in [1.807, 2.05) is 26.1 Å². The molecular formula is C17H31N. The monoisotopic (exact) mass is 249 g/mol. The maximum absolute atomic E-state index is 4.51. The van der Waals surface area contributed by atoms with E-state index < -0.39 is 0 Å². The molecule has 0 bridgehead atoms. The highest BCUT2D eigenvalue weighted by molar-refractivity contribution is 5.09. The number of hydrogen-bond acceptors (Lipinski definition) is 1. The van der Waals surface area contributed by atoms with Crippen LogP contribution in [0.15, 0.2) is 24.4 Å². The van der Waals surface area contributed by atoms with E-state index in [1.54, 1.807) is 0 Å². The Hall–Kier alpha value is -0.850. The quantitative estimate of drug-likeness (QED) is 0.518. The molecule has 1 heteroatoms. The van der Waals surface area contributed by atoms with Gasteiger partial charge in [-0.25, -0.2) is 0 Å². The Labute approximate surface area is 114 Å². The molecule has 0 aromatic carbocycles. The Morgan fingerprint density at radius 2 is 1.61 bits per heavy atom. The smallest absolute Gasteiger partial charge is 0.0434 e. The third-order valence-electron chi connectivity index (χ3n) is 3.17. The lowest BCUT2D eigenvalue weighted by atomic mass is 9.92. The first-order chi connectivity index (χ1) is 8.88. The van der Waals surface area contributed by atoms with Crippen molar-refractivity contribution in [3.63, 3.8) is 0 Å². The standard InChI is InChI=1S/C15H25N.C2H6/c1-3-5-7-11-14(10-6-4-2)15-12-8-9-13-16-15;1-2/h8-9,12-14H,3-7,10-11H2,1-2H3;1-2H3. The second-order valence-electron chi connectivity index (χ2n) is 4.59. The van der Waals surface area contributed by atoms with Crippen molar-refractivity contribution in [1.29, 1.82) is 0 Å². The van der Waals surface area contributed by atoms with Gasteiger partial charge in [0.25, 0.3) is 0 Å². The summed E-state index contributed by atoms with van der Waals surface area (Å²) in [6.07, 6.45) is 11.2. The minimum absolute atomic E-state index is 0.688. The predicted molar refractivity (Wildman–Crippen MR) is 82.0 cm³/mol. The fourth-order valence-corrected chi connectivity index (χ4v) is 2.15. The molecular weight excluding hydrogens is 218 g/mol. The highest BCUT2D eigenvalue weighted by Crippen LogP contribution is 2.26. The third kappa shape index (κ3) is 7.47. The average Bonchev–Trinajstić information content (AvgIpc) is 2.46. The number of pyridine rings is 1. The number of hydrogen-bond donors (Lipinski definition) is 0. The van der Waals surface area contributed by atoms with Gasteiger partial charge < -0.3 is 0 Å². The Balaban J connectivity index is 0.00000137. The van der Waals surface area contributed by atoms with Crippen molar-refractivity contribution in [1.82, 2.24) is 4.98 Å². The lowest BCUT2D eigenvalue weighted by Gasteiger charge is -2.15. The van der Waals surface area contributed by atoms with E-state index in [4.69, 9.17) is 0 Å². The van der Waals surface area contributed by atoms with Gasteiger partial charge in [-0.05, 0) is 25.0 Å². The molecule has 0 fully saturated rings. The van der Waals surface area contributed by atoms with Crippen molar-refractivity contribution in [2.24, 2.45) is 0 Å². The summed E-state index contributed by atoms with van der Waals surface area (Å²) in [7, 11) is 0. The molecule has 0 radical (unpaired) electrons. The first-order valence-electron chi connectivity index (χ1n) is 7.79. The molecule has 1 rings (SSSR count). The summed E-state index contributed by atoms with van der Waals surface area (Å²) in [6, 6.07) is 6.31. The van der Waals surface area contributed by atoms with Crippen LogP contribution in [0.3, 0.4) is 0 Å². The first kappa shape index (κ1) is 17.2. The Morgan fingerprint density at radius 3 is 2.17 bits per heavy atom. The van der Waals surface area contributed by atoms with Crippen LogP contribution in [-0.4, -0.2) is 4.98 Å². The van der Waals surface area contributed by atoms with Gasteiger partial charge in [-0.1, -0.05) is 65.9 Å². The van der Waals surface area contributed by atoms with Crippen molar-refractivity contribution in [2.45, 2.75) is 78.6 Å². The number of rotatable bonds is 8. The largest absolute Gasteiger partial charge is 0.261 e. The van der Waals surface area contributed by atoms with E-state index in [1.165, 1.54) is 50.6 Å². The second-order valence-corrected chi connectivity index (χ2v) is 4.59. The van der Waals surface area contributed by atoms with E-state index in [0.717, 1.165) is 0 Å². The van der Waals surface area contributed by atoms with Gasteiger partial charge >= 0.3 is 0 Å². The molecule has 1 atom stereocenters. The van der Waals surface area contributed by atoms with Crippen LogP contribution in [0.25, 0.3) is 0 Å². The van der Waals surface area contributed by atoms with Gasteiger partial charge in [-0.15, -0.1) is 0 Å². The third-order valence-corrected chi connectivity index (χ3v) is 3.17. The van der Waals surface area contributed by atoms with Gasteiger partial charge in [0, 0.05) is 17.8 Å². The molecule has 1 heterocycles. The zero-order valence-electron chi connectivity index (χ0n) is 12.8. The molecule has 0 aliphatic heterocycles. The molecule has 104 valence electrons. The SMILES string of the molecule is CC.CCCCCC(CCCC)c1ccccn1. The summed E-state index contributed by atoms with van der Waals surface area (Å²) >= 11 is 0. The summed E-state index contributed by atoms with van der Waals surface area (Å²) < 4.78 is 0. The maximum atomic E-state index is 4.51. The van der Waals surface area contributed by atoms with Gasteiger partial charge in [0.1, 0.15) is 0 Å². The second kappa shape index (κ2) is 12.6. The first-order valence-corrected chi connectivity index (χ1v) is 7.79. The molecule has 1 aromatic heterocycles. The van der Waals surface area contributed by atoms with Crippen molar-refractivity contribution >= 4 is 0 Å². The average molecular weight is 249 g/mol. The minimum atomic E-state index is 0.688. The summed E-state index contributed by atoms with van der Waals surface area (Å²) in [5, 5.41) is 0. The van der Waals surface area contributed by atoms with Crippen LogP contribution in [0.5, 0.6) is 0 Å². The molecule has 0 saturated heterocycles. The topological polar surface area (TPSA) is 12.9 Å². The van der Waals surface area contributed by atoms with Gasteiger partial charge in [0.15, 0.2) is 0 Å². The van der Waals surface area contributed by atoms with E-state index >= 15 is 0 Å². The highest BCUT2D eigenvalue weighted by atomic mass is 14.7. The predicted octanol–water partition coefficient (Wildman–Crippen LogP) is 5.96. The molecule has 18 heavy (non-hydrogen) atoms. The van der Waals surface area contributed by atoms with E-state index in [2.05, 4.69) is 31.0 Å². The maximum Gasteiger partial charge on any atom is 0.0434 e. The summed E-state index contributed by atoms with van der Waals surface area (Å²) in [4.78, 5) is 4.51. The zero-order chi connectivity index (χ0) is 13.6. The zero-order valence-corrected chi connectivity index (χ0v) is 12.8. The number of aromatic nitrogens is 1. The number of nitrogens with zero attached hydrogens (tertiary/aromatic N) is 1. The van der Waals surface area contributed by atoms with Crippen LogP contribution in [0.4, 0.5) is 0 Å². The van der Waals surface area contributed by atoms with Crippen molar-refractivity contribution in [2.75, 3.05) is 0 Å². The molecule has 0 saturated carbocycles. The van der Waals surface area contributed by atoms with Crippen molar-refractivity contribution < 1.29 is 0 Å². The van der Waals surface area contributed by atoms with E-state index in [-0.39, 0.29) is 0 Å². The van der Waals surface area contributed by atoms with Gasteiger partial charge in [0.2, 0.25) is 0 Å². The van der Waals surface area contributed by atoms with Crippen LogP contribution in [-0.2, 0) is 0 Å². The summed E-state index contributed by atoms with van der Waals surface area (Å²) in [6.45, 7) is 8.53. The van der Waals surface area contributed by atoms with Gasteiger partial charge in [0.05, 0.1) is 0 Å². The fourth-order valence-electron chi connectivity index (χ4n) is 2.15. The molecule has 0 aliphatic carbocycles. The molecule has 1 unspecified atom stereocenters. The van der Waals surface area contributed by atoms with Crippen LogP contribution in [0.2, 0.25) is 0 Å². The Bertz CT molecular complexity index is 256. The molecule has 1 nitrogen and oxygen atoms in total. The lowest BCUT2D eigenvalue weighted by molar-refractivity contribution is 0.506. The lowest BCUT2D eigenvalue weighted by Crippen LogP contribution is -2.01. The van der Waals surface area contributed by atoms with Crippen LogP contribution in [0.1, 0.15) is 84.3 Å². The molecule has 0 spiro atoms. The Morgan fingerprint density at radius 1 is 0.944 bits per heavy atom. The van der Waals surface area contributed by atoms with Crippen LogP contribution in [0, 0.1) is 0 Å². The number of unbranched alkanes of at least 4 members (excludes halogenated alkanes) is 3. The molecule has 0 amide bonds. The summed E-state index contributed by atoms with van der Waals surface area (Å²) in [5.41, 5.74) is 1.30.